The Kier molecular flexibility index (Phi) is 3.01. The van der Waals surface area contributed by atoms with Gasteiger partial charge >= 0.3 is 0 Å². The van der Waals surface area contributed by atoms with Gasteiger partial charge in [-0.2, -0.15) is 0 Å². The quantitative estimate of drug-likeness (QED) is 0.838. The number of pyridine rings is 1. The molecule has 88 valence electrons. The van der Waals surface area contributed by atoms with Gasteiger partial charge < -0.3 is 10.8 Å². The molecule has 0 fully saturated rings. The highest BCUT2D eigenvalue weighted by atomic mass is 19.1. The zero-order valence-electron chi connectivity index (χ0n) is 8.77. The van der Waals surface area contributed by atoms with E-state index in [-0.39, 0.29) is 16.8 Å². The van der Waals surface area contributed by atoms with Crippen LogP contribution in [0.5, 0.6) is 0 Å². The number of halogens is 2. The third-order valence-corrected chi connectivity index (χ3v) is 2.43. The average Bonchev–Trinajstić information content (AvgIpc) is 2.32. The highest BCUT2D eigenvalue weighted by Gasteiger charge is 2.18. The molecule has 0 saturated heterocycles. The van der Waals surface area contributed by atoms with E-state index in [0.717, 1.165) is 18.2 Å². The van der Waals surface area contributed by atoms with Crippen LogP contribution in [0.25, 0.3) is 0 Å². The molecule has 1 unspecified atom stereocenters. The molecule has 5 heteroatoms. The van der Waals surface area contributed by atoms with E-state index in [4.69, 9.17) is 5.73 Å². The summed E-state index contributed by atoms with van der Waals surface area (Å²) in [7, 11) is 0. The van der Waals surface area contributed by atoms with Gasteiger partial charge in [-0.05, 0) is 24.3 Å². The smallest absolute Gasteiger partial charge is 0.129 e. The number of aliphatic hydroxyl groups excluding tert-OH is 1. The minimum atomic E-state index is -1.33. The lowest BCUT2D eigenvalue weighted by Crippen LogP contribution is -2.06. The summed E-state index contributed by atoms with van der Waals surface area (Å²) in [5, 5.41) is 9.95. The van der Waals surface area contributed by atoms with Crippen molar-refractivity contribution >= 4 is 5.69 Å². The molecular weight excluding hydrogens is 226 g/mol. The van der Waals surface area contributed by atoms with E-state index in [1.165, 1.54) is 18.5 Å². The lowest BCUT2D eigenvalue weighted by atomic mass is 10.0. The van der Waals surface area contributed by atoms with E-state index in [1.54, 1.807) is 0 Å². The van der Waals surface area contributed by atoms with E-state index in [9.17, 15) is 13.9 Å². The minimum absolute atomic E-state index is 0.162. The Bertz CT molecular complexity index is 546. The van der Waals surface area contributed by atoms with E-state index in [2.05, 4.69) is 4.98 Å². The summed E-state index contributed by atoms with van der Waals surface area (Å²) in [6.07, 6.45) is 1.44. The van der Waals surface area contributed by atoms with Crippen LogP contribution in [-0.2, 0) is 0 Å². The lowest BCUT2D eigenvalue weighted by molar-refractivity contribution is 0.214. The molecule has 17 heavy (non-hydrogen) atoms. The predicted octanol–water partition coefficient (Wildman–Crippen LogP) is 2.02. The van der Waals surface area contributed by atoms with Crippen LogP contribution in [-0.4, -0.2) is 10.1 Å². The molecule has 0 amide bonds. The number of aromatic nitrogens is 1. The molecule has 1 heterocycles. The number of nitrogen functional groups attached to an aromatic ring is 1. The number of anilines is 1. The molecule has 3 N–H and O–H groups in total. The Morgan fingerprint density at radius 2 is 1.94 bits per heavy atom. The van der Waals surface area contributed by atoms with Crippen LogP contribution in [0.3, 0.4) is 0 Å². The second-order valence-electron chi connectivity index (χ2n) is 3.57. The first-order valence-electron chi connectivity index (χ1n) is 4.92. The molecule has 1 atom stereocenters. The fourth-order valence-electron chi connectivity index (χ4n) is 1.54. The van der Waals surface area contributed by atoms with Gasteiger partial charge in [0.05, 0.1) is 0 Å². The number of aliphatic hydroxyl groups is 1. The van der Waals surface area contributed by atoms with Crippen LogP contribution < -0.4 is 5.73 Å². The maximum absolute atomic E-state index is 13.4. The third kappa shape index (κ3) is 2.24. The lowest BCUT2D eigenvalue weighted by Gasteiger charge is -2.13. The van der Waals surface area contributed by atoms with E-state index < -0.39 is 17.7 Å². The third-order valence-electron chi connectivity index (χ3n) is 2.43. The fraction of sp³-hybridized carbons (Fsp3) is 0.0833. The van der Waals surface area contributed by atoms with Gasteiger partial charge in [0.1, 0.15) is 17.7 Å². The van der Waals surface area contributed by atoms with Crippen molar-refractivity contribution in [1.29, 1.82) is 0 Å². The SMILES string of the molecule is Nc1ccncc1C(O)c1cc(F)ccc1F. The van der Waals surface area contributed by atoms with Gasteiger partial charge in [0.25, 0.3) is 0 Å². The maximum Gasteiger partial charge on any atom is 0.129 e. The van der Waals surface area contributed by atoms with Gasteiger partial charge in [-0.1, -0.05) is 0 Å². The first kappa shape index (κ1) is 11.5. The Labute approximate surface area is 96.5 Å². The predicted molar refractivity (Wildman–Crippen MR) is 59.1 cm³/mol. The van der Waals surface area contributed by atoms with Crippen LogP contribution in [0.1, 0.15) is 17.2 Å². The Balaban J connectivity index is 2.47. The molecule has 0 spiro atoms. The fourth-order valence-corrected chi connectivity index (χ4v) is 1.54. The van der Waals surface area contributed by atoms with Gasteiger partial charge in [-0.25, -0.2) is 8.78 Å². The van der Waals surface area contributed by atoms with E-state index in [0.29, 0.717) is 0 Å². The highest BCUT2D eigenvalue weighted by molar-refractivity contribution is 5.48. The van der Waals surface area contributed by atoms with Crippen molar-refractivity contribution < 1.29 is 13.9 Å². The standard InChI is InChI=1S/C12H10F2N2O/c13-7-1-2-10(14)8(5-7)12(17)9-6-16-4-3-11(9)15/h1-6,12,17H,(H2,15,16). The van der Waals surface area contributed by atoms with Crippen LogP contribution in [0.15, 0.2) is 36.7 Å². The van der Waals surface area contributed by atoms with Crippen molar-refractivity contribution in [2.24, 2.45) is 0 Å². The van der Waals surface area contributed by atoms with Crippen molar-refractivity contribution in [3.05, 3.63) is 59.4 Å². The summed E-state index contributed by atoms with van der Waals surface area (Å²) in [5.74, 6) is -1.31. The molecule has 0 radical (unpaired) electrons. The van der Waals surface area contributed by atoms with Crippen LogP contribution >= 0.6 is 0 Å². The Morgan fingerprint density at radius 1 is 1.18 bits per heavy atom. The zero-order valence-corrected chi connectivity index (χ0v) is 8.77. The monoisotopic (exact) mass is 236 g/mol. The van der Waals surface area contributed by atoms with Crippen molar-refractivity contribution in [3.8, 4) is 0 Å². The van der Waals surface area contributed by atoms with Gasteiger partial charge in [-0.3, -0.25) is 4.98 Å². The summed E-state index contributed by atoms with van der Waals surface area (Å²) < 4.78 is 26.4. The van der Waals surface area contributed by atoms with Gasteiger partial charge in [-0.15, -0.1) is 0 Å². The van der Waals surface area contributed by atoms with Crippen LogP contribution in [0, 0.1) is 11.6 Å². The van der Waals surface area contributed by atoms with Crippen molar-refractivity contribution in [1.82, 2.24) is 4.98 Å². The topological polar surface area (TPSA) is 59.1 Å². The summed E-state index contributed by atoms with van der Waals surface area (Å²) in [6, 6.07) is 4.36. The Hall–Kier alpha value is -2.01. The molecule has 3 nitrogen and oxygen atoms in total. The molecule has 0 aliphatic rings. The molecule has 0 aliphatic carbocycles. The number of nitrogens with two attached hydrogens (primary N) is 1. The number of hydrogen-bond acceptors (Lipinski definition) is 3. The molecule has 0 saturated carbocycles. The number of hydrogen-bond donors (Lipinski definition) is 2. The molecule has 1 aromatic heterocycles. The van der Waals surface area contributed by atoms with Crippen LogP contribution in [0.2, 0.25) is 0 Å². The summed E-state index contributed by atoms with van der Waals surface area (Å²) in [4.78, 5) is 3.79. The highest BCUT2D eigenvalue weighted by Crippen LogP contribution is 2.27. The van der Waals surface area contributed by atoms with E-state index in [1.807, 2.05) is 0 Å². The normalized spacial score (nSPS) is 12.4. The van der Waals surface area contributed by atoms with Crippen molar-refractivity contribution in [2.75, 3.05) is 5.73 Å². The number of rotatable bonds is 2. The molecular formula is C12H10F2N2O. The number of nitrogens with zero attached hydrogens (tertiary/aromatic N) is 1. The first-order chi connectivity index (χ1) is 8.09. The van der Waals surface area contributed by atoms with Crippen LogP contribution in [0.4, 0.5) is 14.5 Å². The maximum atomic E-state index is 13.4. The van der Waals surface area contributed by atoms with E-state index >= 15 is 0 Å². The summed E-state index contributed by atoms with van der Waals surface area (Å²) in [6.45, 7) is 0. The zero-order chi connectivity index (χ0) is 12.4. The second-order valence-corrected chi connectivity index (χ2v) is 3.57. The first-order valence-corrected chi connectivity index (χ1v) is 4.92. The number of benzene rings is 1. The summed E-state index contributed by atoms with van der Waals surface area (Å²) >= 11 is 0. The van der Waals surface area contributed by atoms with Crippen molar-refractivity contribution in [3.63, 3.8) is 0 Å². The summed E-state index contributed by atoms with van der Waals surface area (Å²) in [5.41, 5.74) is 5.99. The van der Waals surface area contributed by atoms with Crippen molar-refractivity contribution in [2.45, 2.75) is 6.10 Å². The molecule has 2 aromatic rings. The molecule has 1 aromatic carbocycles. The largest absolute Gasteiger partial charge is 0.398 e. The second kappa shape index (κ2) is 4.47. The Morgan fingerprint density at radius 3 is 2.65 bits per heavy atom. The average molecular weight is 236 g/mol. The molecule has 2 rings (SSSR count). The van der Waals surface area contributed by atoms with Gasteiger partial charge in [0, 0.05) is 29.2 Å². The van der Waals surface area contributed by atoms with Gasteiger partial charge in [0.15, 0.2) is 0 Å². The molecule has 0 bridgehead atoms. The molecule has 0 aliphatic heterocycles. The van der Waals surface area contributed by atoms with Gasteiger partial charge in [0.2, 0.25) is 0 Å². The minimum Gasteiger partial charge on any atom is -0.398 e.